The number of halogens is 1. The van der Waals surface area contributed by atoms with Crippen molar-refractivity contribution in [3.63, 3.8) is 0 Å². The molecule has 3 fully saturated rings. The second-order valence-electron chi connectivity index (χ2n) is 12.9. The number of rotatable bonds is 9. The fraction of sp³-hybridized carbons (Fsp3) is 0.528. The number of hydrogen-bond donors (Lipinski definition) is 2. The summed E-state index contributed by atoms with van der Waals surface area (Å²) < 4.78 is 2.46. The molecule has 0 radical (unpaired) electrons. The number of aromatic nitrogens is 2. The number of likely N-dealkylation sites (tertiary alicyclic amines) is 1. The van der Waals surface area contributed by atoms with Crippen LogP contribution in [0.15, 0.2) is 60.9 Å². The first kappa shape index (κ1) is 32.8. The predicted octanol–water partition coefficient (Wildman–Crippen LogP) is 6.83. The van der Waals surface area contributed by atoms with E-state index in [0.29, 0.717) is 11.8 Å². The summed E-state index contributed by atoms with van der Waals surface area (Å²) in [4.78, 5) is 19.1. The Morgan fingerprint density at radius 1 is 1.09 bits per heavy atom. The summed E-state index contributed by atoms with van der Waals surface area (Å²) >= 11 is 6.67. The standard InChI is InChI=1S/C34H42ClN5.C2H5NO2/c1-2-33-37-16-19-39(33)25-34(28-6-3-4-7-28,30-8-5-9-31(35)20-30)29-14-17-38(18-15-29)22-27-23-40(24-27)32-12-10-26(21-36)11-13-32;1-3-2(4)5/h5,8-13,16,19-20,27-29H,2-4,6-7,14-15,17-18,22-25H2,1H3;3H,1H3,(H,4,5). The van der Waals surface area contributed by atoms with Crippen LogP contribution in [-0.2, 0) is 18.4 Å². The van der Waals surface area contributed by atoms with E-state index in [4.69, 9.17) is 27.0 Å². The average Bonchev–Trinajstić information content (AvgIpc) is 3.75. The van der Waals surface area contributed by atoms with Crippen LogP contribution in [0.3, 0.4) is 0 Å². The maximum absolute atomic E-state index is 9.26. The molecule has 1 aliphatic carbocycles. The number of carboxylic acid groups (broad SMARTS) is 1. The van der Waals surface area contributed by atoms with Gasteiger partial charge in [-0.1, -0.05) is 43.5 Å². The molecule has 9 heteroatoms. The Morgan fingerprint density at radius 2 is 1.76 bits per heavy atom. The van der Waals surface area contributed by atoms with Crippen LogP contribution >= 0.6 is 11.6 Å². The first-order valence-electron chi connectivity index (χ1n) is 16.5. The first-order chi connectivity index (χ1) is 21.9. The number of nitrogens with one attached hydrogen (secondary N) is 1. The van der Waals surface area contributed by atoms with Gasteiger partial charge >= 0.3 is 6.09 Å². The van der Waals surface area contributed by atoms with Crippen molar-refractivity contribution in [1.82, 2.24) is 19.8 Å². The average molecular weight is 631 g/mol. The zero-order valence-corrected chi connectivity index (χ0v) is 27.4. The van der Waals surface area contributed by atoms with Gasteiger partial charge in [0.15, 0.2) is 0 Å². The van der Waals surface area contributed by atoms with E-state index in [1.807, 2.05) is 29.7 Å². The van der Waals surface area contributed by atoms with Gasteiger partial charge in [0.2, 0.25) is 0 Å². The zero-order chi connectivity index (χ0) is 31.8. The third-order valence-electron chi connectivity index (χ3n) is 10.4. The van der Waals surface area contributed by atoms with Gasteiger partial charge in [0.25, 0.3) is 0 Å². The van der Waals surface area contributed by atoms with Crippen molar-refractivity contribution < 1.29 is 9.90 Å². The third-order valence-corrected chi connectivity index (χ3v) is 10.6. The number of amides is 1. The maximum Gasteiger partial charge on any atom is 0.404 e. The lowest BCUT2D eigenvalue weighted by atomic mass is 9.59. The smallest absolute Gasteiger partial charge is 0.404 e. The highest BCUT2D eigenvalue weighted by Gasteiger charge is 2.49. The number of anilines is 1. The number of carbonyl (C=O) groups is 1. The number of hydrogen-bond acceptors (Lipinski definition) is 5. The number of piperidine rings is 1. The minimum absolute atomic E-state index is 0.0843. The van der Waals surface area contributed by atoms with E-state index in [0.717, 1.165) is 42.6 Å². The van der Waals surface area contributed by atoms with Crippen molar-refractivity contribution in [3.05, 3.63) is 82.9 Å². The Morgan fingerprint density at radius 3 is 2.36 bits per heavy atom. The van der Waals surface area contributed by atoms with Crippen LogP contribution in [0.4, 0.5) is 10.5 Å². The Hall–Kier alpha value is -3.54. The van der Waals surface area contributed by atoms with Crippen LogP contribution in [0.25, 0.3) is 0 Å². The summed E-state index contributed by atoms with van der Waals surface area (Å²) in [5, 5.41) is 19.5. The molecule has 3 aromatic rings. The molecule has 1 aromatic heterocycles. The summed E-state index contributed by atoms with van der Waals surface area (Å²) in [6.45, 7) is 9.00. The van der Waals surface area contributed by atoms with Crippen molar-refractivity contribution in [2.24, 2.45) is 17.8 Å². The molecule has 2 saturated heterocycles. The van der Waals surface area contributed by atoms with Gasteiger partial charge in [-0.25, -0.2) is 9.78 Å². The summed E-state index contributed by atoms with van der Waals surface area (Å²) in [7, 11) is 1.35. The molecule has 0 spiro atoms. The van der Waals surface area contributed by atoms with Gasteiger partial charge in [0.1, 0.15) is 5.82 Å². The highest BCUT2D eigenvalue weighted by Crippen LogP contribution is 2.52. The van der Waals surface area contributed by atoms with E-state index >= 15 is 0 Å². The summed E-state index contributed by atoms with van der Waals surface area (Å²) in [6, 6.07) is 19.1. The topological polar surface area (TPSA) is 97.4 Å². The molecular formula is C36H47ClN6O2. The molecule has 8 nitrogen and oxygen atoms in total. The fourth-order valence-electron chi connectivity index (χ4n) is 8.09. The highest BCUT2D eigenvalue weighted by atomic mass is 35.5. The van der Waals surface area contributed by atoms with Crippen molar-refractivity contribution in [2.75, 3.05) is 44.7 Å². The van der Waals surface area contributed by atoms with Crippen LogP contribution in [0, 0.1) is 29.1 Å². The number of aryl methyl sites for hydroxylation is 1. The highest BCUT2D eigenvalue weighted by molar-refractivity contribution is 6.30. The van der Waals surface area contributed by atoms with E-state index in [1.54, 1.807) is 0 Å². The van der Waals surface area contributed by atoms with E-state index in [2.05, 4.69) is 63.9 Å². The second kappa shape index (κ2) is 15.2. The zero-order valence-electron chi connectivity index (χ0n) is 26.7. The fourth-order valence-corrected chi connectivity index (χ4v) is 8.28. The second-order valence-corrected chi connectivity index (χ2v) is 13.4. The van der Waals surface area contributed by atoms with Crippen molar-refractivity contribution in [1.29, 1.82) is 5.26 Å². The normalized spacial score (nSPS) is 19.2. The quantitative estimate of drug-likeness (QED) is 0.269. The van der Waals surface area contributed by atoms with E-state index in [9.17, 15) is 4.79 Å². The first-order valence-corrected chi connectivity index (χ1v) is 16.9. The maximum atomic E-state index is 9.26. The molecular weight excluding hydrogens is 584 g/mol. The molecule has 2 N–H and O–H groups in total. The van der Waals surface area contributed by atoms with Crippen LogP contribution in [0.5, 0.6) is 0 Å². The molecule has 240 valence electrons. The van der Waals surface area contributed by atoms with E-state index in [-0.39, 0.29) is 5.41 Å². The molecule has 2 aromatic carbocycles. The Balaban J connectivity index is 0.000000743. The van der Waals surface area contributed by atoms with Crippen LogP contribution in [0.1, 0.15) is 62.4 Å². The summed E-state index contributed by atoms with van der Waals surface area (Å²) in [5.74, 6) is 3.23. The van der Waals surface area contributed by atoms with Gasteiger partial charge in [-0.05, 0) is 92.6 Å². The van der Waals surface area contributed by atoms with Gasteiger partial charge in [0, 0.05) is 74.1 Å². The monoisotopic (exact) mass is 630 g/mol. The number of nitrogens with zero attached hydrogens (tertiary/aromatic N) is 5. The van der Waals surface area contributed by atoms with Gasteiger partial charge in [0.05, 0.1) is 11.6 Å². The Kier molecular flexibility index (Phi) is 11.1. The van der Waals surface area contributed by atoms with Crippen molar-refractivity contribution >= 4 is 23.4 Å². The molecule has 3 heterocycles. The molecule has 6 rings (SSSR count). The van der Waals surface area contributed by atoms with Gasteiger partial charge in [-0.2, -0.15) is 5.26 Å². The molecule has 1 saturated carbocycles. The molecule has 45 heavy (non-hydrogen) atoms. The molecule has 2 aliphatic heterocycles. The van der Waals surface area contributed by atoms with Gasteiger partial charge in [-0.3, -0.25) is 0 Å². The Bertz CT molecular complexity index is 1430. The lowest BCUT2D eigenvalue weighted by Gasteiger charge is -2.50. The Labute approximate surface area is 273 Å². The number of nitriles is 1. The lowest BCUT2D eigenvalue weighted by Crippen LogP contribution is -2.54. The van der Waals surface area contributed by atoms with Crippen molar-refractivity contribution in [3.8, 4) is 6.07 Å². The third kappa shape index (κ3) is 7.65. The molecule has 0 bridgehead atoms. The SMILES string of the molecule is CCc1nccn1CC(c1cccc(Cl)c1)(C1CCCC1)C1CCN(CC2CN(c3ccc(C#N)cc3)C2)CC1.CNC(=O)O. The molecule has 1 amide bonds. The number of imidazole rings is 1. The lowest BCUT2D eigenvalue weighted by molar-refractivity contribution is 0.0641. The van der Waals surface area contributed by atoms with Crippen LogP contribution in [-0.4, -0.2) is 65.4 Å². The minimum atomic E-state index is -0.995. The molecule has 1 unspecified atom stereocenters. The van der Waals surface area contributed by atoms with E-state index < -0.39 is 6.09 Å². The van der Waals surface area contributed by atoms with Crippen LogP contribution < -0.4 is 10.2 Å². The van der Waals surface area contributed by atoms with Gasteiger partial charge in [-0.15, -0.1) is 0 Å². The van der Waals surface area contributed by atoms with Gasteiger partial charge < -0.3 is 24.8 Å². The minimum Gasteiger partial charge on any atom is -0.465 e. The molecule has 3 aliphatic rings. The van der Waals surface area contributed by atoms with E-state index in [1.165, 1.54) is 82.3 Å². The van der Waals surface area contributed by atoms with Crippen LogP contribution in [0.2, 0.25) is 5.02 Å². The summed E-state index contributed by atoms with van der Waals surface area (Å²) in [5.41, 5.74) is 3.50. The largest absolute Gasteiger partial charge is 0.465 e. The predicted molar refractivity (Wildman–Crippen MR) is 180 cm³/mol. The number of benzene rings is 2. The summed E-state index contributed by atoms with van der Waals surface area (Å²) in [6.07, 6.45) is 12.0. The molecule has 1 atom stereocenters. The van der Waals surface area contributed by atoms with Crippen molar-refractivity contribution in [2.45, 2.75) is 63.8 Å².